The van der Waals surface area contributed by atoms with Crippen molar-refractivity contribution in [1.82, 2.24) is 14.3 Å². The minimum Gasteiger partial charge on any atom is -0.326 e. The minimum absolute atomic E-state index is 0.106. The molecule has 2 heterocycles. The van der Waals surface area contributed by atoms with E-state index in [0.717, 1.165) is 0 Å². The van der Waals surface area contributed by atoms with Gasteiger partial charge in [0.2, 0.25) is 10.0 Å². The molecule has 0 saturated carbocycles. The summed E-state index contributed by atoms with van der Waals surface area (Å²) in [5.74, 6) is 0. The van der Waals surface area contributed by atoms with E-state index in [2.05, 4.69) is 9.97 Å². The summed E-state index contributed by atoms with van der Waals surface area (Å²) in [6, 6.07) is 4.43. The summed E-state index contributed by atoms with van der Waals surface area (Å²) >= 11 is 0. The summed E-state index contributed by atoms with van der Waals surface area (Å²) < 4.78 is 26.2. The predicted octanol–water partition coefficient (Wildman–Crippen LogP) is -0.422. The van der Waals surface area contributed by atoms with E-state index in [1.807, 2.05) is 0 Å². The van der Waals surface area contributed by atoms with Crippen molar-refractivity contribution >= 4 is 21.1 Å². The highest BCUT2D eigenvalue weighted by Crippen LogP contribution is 2.22. The third kappa shape index (κ3) is 2.07. The molecule has 0 radical (unpaired) electrons. The average molecular weight is 282 g/mol. The molecular formula is C11H14N4O3S. The number of H-pyrrole nitrogens is 2. The number of benzene rings is 1. The molecule has 2 aromatic rings. The molecule has 1 aliphatic rings. The van der Waals surface area contributed by atoms with E-state index < -0.39 is 10.0 Å². The first-order chi connectivity index (χ1) is 8.96. The van der Waals surface area contributed by atoms with Crippen LogP contribution < -0.4 is 11.4 Å². The Hall–Kier alpha value is -1.64. The van der Waals surface area contributed by atoms with Crippen LogP contribution in [0.4, 0.5) is 0 Å². The summed E-state index contributed by atoms with van der Waals surface area (Å²) in [7, 11) is -3.54. The number of fused-ring (bicyclic) bond motifs is 1. The number of rotatable bonds is 2. The van der Waals surface area contributed by atoms with Gasteiger partial charge in [0.15, 0.2) is 0 Å². The quantitative estimate of drug-likeness (QED) is 0.694. The molecule has 1 fully saturated rings. The maximum absolute atomic E-state index is 12.4. The van der Waals surface area contributed by atoms with E-state index in [1.54, 1.807) is 6.07 Å². The Balaban J connectivity index is 2.05. The first kappa shape index (κ1) is 12.4. The Kier molecular flexibility index (Phi) is 2.73. The smallest absolute Gasteiger partial charge is 0.323 e. The molecule has 19 heavy (non-hydrogen) atoms. The van der Waals surface area contributed by atoms with Gasteiger partial charge in [0.25, 0.3) is 0 Å². The third-order valence-electron chi connectivity index (χ3n) is 3.31. The van der Waals surface area contributed by atoms with Gasteiger partial charge in [-0.2, -0.15) is 4.31 Å². The highest BCUT2D eigenvalue weighted by atomic mass is 32.2. The second-order valence-corrected chi connectivity index (χ2v) is 6.64. The van der Waals surface area contributed by atoms with E-state index in [9.17, 15) is 13.2 Å². The second-order valence-electron chi connectivity index (χ2n) is 4.70. The minimum atomic E-state index is -3.54. The molecule has 0 aliphatic carbocycles. The molecule has 8 heteroatoms. The highest BCUT2D eigenvalue weighted by Gasteiger charge is 2.31. The molecule has 1 aromatic heterocycles. The van der Waals surface area contributed by atoms with Gasteiger partial charge in [-0.3, -0.25) is 0 Å². The van der Waals surface area contributed by atoms with E-state index in [0.29, 0.717) is 30.5 Å². The lowest BCUT2D eigenvalue weighted by atomic mass is 10.3. The SMILES string of the molecule is N[C@H]1CCN(S(=O)(=O)c2ccc3[nH]c(=O)[nH]c3c2)C1. The summed E-state index contributed by atoms with van der Waals surface area (Å²) in [4.78, 5) is 16.5. The van der Waals surface area contributed by atoms with Crippen molar-refractivity contribution in [2.75, 3.05) is 13.1 Å². The Labute approximate surface area is 109 Å². The van der Waals surface area contributed by atoms with E-state index >= 15 is 0 Å². The van der Waals surface area contributed by atoms with Gasteiger partial charge < -0.3 is 15.7 Å². The van der Waals surface area contributed by atoms with Crippen molar-refractivity contribution in [2.24, 2.45) is 5.73 Å². The van der Waals surface area contributed by atoms with E-state index in [4.69, 9.17) is 5.73 Å². The van der Waals surface area contributed by atoms with Crippen LogP contribution in [0, 0.1) is 0 Å². The largest absolute Gasteiger partial charge is 0.326 e. The number of sulfonamides is 1. The molecule has 1 atom stereocenters. The van der Waals surface area contributed by atoms with Crippen LogP contribution >= 0.6 is 0 Å². The zero-order valence-corrected chi connectivity index (χ0v) is 10.9. The molecule has 1 saturated heterocycles. The van der Waals surface area contributed by atoms with Gasteiger partial charge in [0.1, 0.15) is 0 Å². The first-order valence-corrected chi connectivity index (χ1v) is 7.38. The van der Waals surface area contributed by atoms with Crippen molar-refractivity contribution in [3.05, 3.63) is 28.7 Å². The predicted molar refractivity (Wildman–Crippen MR) is 70.3 cm³/mol. The number of nitrogens with two attached hydrogens (primary N) is 1. The molecule has 1 aliphatic heterocycles. The fraction of sp³-hybridized carbons (Fsp3) is 0.364. The lowest BCUT2D eigenvalue weighted by molar-refractivity contribution is 0.472. The van der Waals surface area contributed by atoms with Crippen molar-refractivity contribution < 1.29 is 8.42 Å². The third-order valence-corrected chi connectivity index (χ3v) is 5.17. The molecule has 1 aromatic carbocycles. The van der Waals surface area contributed by atoms with Crippen LogP contribution in [0.25, 0.3) is 11.0 Å². The fourth-order valence-corrected chi connectivity index (χ4v) is 3.83. The number of aromatic nitrogens is 2. The normalized spacial score (nSPS) is 21.2. The molecule has 3 rings (SSSR count). The van der Waals surface area contributed by atoms with Gasteiger partial charge in [-0.05, 0) is 24.6 Å². The monoisotopic (exact) mass is 282 g/mol. The van der Waals surface area contributed by atoms with Gasteiger partial charge in [0, 0.05) is 19.1 Å². The molecule has 0 unspecified atom stereocenters. The average Bonchev–Trinajstić information content (AvgIpc) is 2.93. The topological polar surface area (TPSA) is 112 Å². The zero-order valence-electron chi connectivity index (χ0n) is 10.1. The van der Waals surface area contributed by atoms with Gasteiger partial charge in [-0.1, -0.05) is 0 Å². The van der Waals surface area contributed by atoms with Gasteiger partial charge >= 0.3 is 5.69 Å². The number of hydrogen-bond donors (Lipinski definition) is 3. The number of nitrogens with zero attached hydrogens (tertiary/aromatic N) is 1. The van der Waals surface area contributed by atoms with E-state index in [-0.39, 0.29) is 16.6 Å². The van der Waals surface area contributed by atoms with Crippen LogP contribution in [0.15, 0.2) is 27.9 Å². The van der Waals surface area contributed by atoms with Crippen molar-refractivity contribution in [2.45, 2.75) is 17.4 Å². The summed E-state index contributed by atoms with van der Waals surface area (Å²) in [6.07, 6.45) is 0.669. The van der Waals surface area contributed by atoms with Crippen molar-refractivity contribution in [3.8, 4) is 0 Å². The Morgan fingerprint density at radius 3 is 2.68 bits per heavy atom. The van der Waals surface area contributed by atoms with Crippen LogP contribution in [0.1, 0.15) is 6.42 Å². The van der Waals surface area contributed by atoms with Crippen molar-refractivity contribution in [1.29, 1.82) is 0 Å². The number of hydrogen-bond acceptors (Lipinski definition) is 4. The standard InChI is InChI=1S/C11H14N4O3S/c12-7-3-4-15(6-7)19(17,18)8-1-2-9-10(5-8)14-11(16)13-9/h1-2,5,7H,3-4,6,12H2,(H2,13,14,16)/t7-/m0/s1. The first-order valence-electron chi connectivity index (χ1n) is 5.94. The van der Waals surface area contributed by atoms with Gasteiger partial charge in [0.05, 0.1) is 15.9 Å². The highest BCUT2D eigenvalue weighted by molar-refractivity contribution is 7.89. The van der Waals surface area contributed by atoms with Crippen LogP contribution in [0.5, 0.6) is 0 Å². The molecular weight excluding hydrogens is 268 g/mol. The molecule has 0 spiro atoms. The maximum atomic E-state index is 12.4. The molecule has 7 nitrogen and oxygen atoms in total. The lowest BCUT2D eigenvalue weighted by Gasteiger charge is -2.15. The second kappa shape index (κ2) is 4.19. The Morgan fingerprint density at radius 1 is 1.26 bits per heavy atom. The Bertz CT molecular complexity index is 777. The van der Waals surface area contributed by atoms with Crippen LogP contribution in [-0.4, -0.2) is 41.8 Å². The molecule has 102 valence electrons. The van der Waals surface area contributed by atoms with Crippen molar-refractivity contribution in [3.63, 3.8) is 0 Å². The van der Waals surface area contributed by atoms with E-state index in [1.165, 1.54) is 16.4 Å². The summed E-state index contributed by atoms with van der Waals surface area (Å²) in [5.41, 5.74) is 6.45. The molecule has 0 amide bonds. The lowest BCUT2D eigenvalue weighted by Crippen LogP contribution is -2.31. The number of aromatic amines is 2. The fourth-order valence-electron chi connectivity index (χ4n) is 2.29. The maximum Gasteiger partial charge on any atom is 0.323 e. The number of imidazole rings is 1. The molecule has 0 bridgehead atoms. The summed E-state index contributed by atoms with van der Waals surface area (Å²) in [6.45, 7) is 0.773. The summed E-state index contributed by atoms with van der Waals surface area (Å²) in [5, 5.41) is 0. The van der Waals surface area contributed by atoms with Crippen LogP contribution in [0.2, 0.25) is 0 Å². The molecule has 4 N–H and O–H groups in total. The van der Waals surface area contributed by atoms with Crippen LogP contribution in [-0.2, 0) is 10.0 Å². The number of nitrogens with one attached hydrogen (secondary N) is 2. The van der Waals surface area contributed by atoms with Crippen LogP contribution in [0.3, 0.4) is 0 Å². The zero-order chi connectivity index (χ0) is 13.6. The Morgan fingerprint density at radius 2 is 2.00 bits per heavy atom. The van der Waals surface area contributed by atoms with Gasteiger partial charge in [-0.15, -0.1) is 0 Å². The van der Waals surface area contributed by atoms with Gasteiger partial charge in [-0.25, -0.2) is 13.2 Å².